The molecule has 1 saturated heterocycles. The van der Waals surface area contributed by atoms with Crippen LogP contribution in [0, 0.1) is 0 Å². The van der Waals surface area contributed by atoms with Gasteiger partial charge < -0.3 is 14.9 Å². The zero-order valence-electron chi connectivity index (χ0n) is 8.85. The first-order valence-corrected chi connectivity index (χ1v) is 5.13. The van der Waals surface area contributed by atoms with Crippen molar-refractivity contribution in [2.75, 3.05) is 19.8 Å². The van der Waals surface area contributed by atoms with E-state index in [1.807, 2.05) is 0 Å². The van der Waals surface area contributed by atoms with Crippen LogP contribution in [-0.2, 0) is 9.53 Å². The van der Waals surface area contributed by atoms with Gasteiger partial charge in [0.15, 0.2) is 0 Å². The molecule has 88 valence electrons. The zero-order valence-corrected chi connectivity index (χ0v) is 8.85. The molecule has 1 aliphatic rings. The number of carboxylic acid groups (broad SMARTS) is 1. The van der Waals surface area contributed by atoms with E-state index in [9.17, 15) is 4.79 Å². The van der Waals surface area contributed by atoms with E-state index in [0.717, 1.165) is 6.42 Å². The molecule has 6 nitrogen and oxygen atoms in total. The number of rotatable bonds is 6. The lowest BCUT2D eigenvalue weighted by Crippen LogP contribution is -2.50. The summed E-state index contributed by atoms with van der Waals surface area (Å²) < 4.78 is 5.19. The fourth-order valence-corrected chi connectivity index (χ4v) is 1.68. The van der Waals surface area contributed by atoms with Crippen LogP contribution in [0.5, 0.6) is 0 Å². The first-order chi connectivity index (χ1) is 7.15. The van der Waals surface area contributed by atoms with Crippen molar-refractivity contribution in [3.05, 3.63) is 0 Å². The lowest BCUT2D eigenvalue weighted by molar-refractivity contribution is -0.145. The Balaban J connectivity index is 2.33. The second-order valence-corrected chi connectivity index (χ2v) is 3.56. The molecule has 1 rings (SSSR count). The molecule has 15 heavy (non-hydrogen) atoms. The van der Waals surface area contributed by atoms with Gasteiger partial charge in [0, 0.05) is 6.54 Å². The van der Waals surface area contributed by atoms with E-state index in [1.165, 1.54) is 0 Å². The normalized spacial score (nSPS) is 24.3. The molecule has 0 aromatic carbocycles. The lowest BCUT2D eigenvalue weighted by atomic mass is 10.2. The van der Waals surface area contributed by atoms with Gasteiger partial charge in [-0.2, -0.15) is 0 Å². The molecule has 1 aliphatic heterocycles. The van der Waals surface area contributed by atoms with Gasteiger partial charge in [-0.15, -0.1) is 0 Å². The van der Waals surface area contributed by atoms with Crippen LogP contribution in [0.1, 0.15) is 19.8 Å². The molecule has 0 aliphatic carbocycles. The van der Waals surface area contributed by atoms with Crippen molar-refractivity contribution in [2.24, 2.45) is 0 Å². The van der Waals surface area contributed by atoms with Crippen LogP contribution in [0.15, 0.2) is 0 Å². The van der Waals surface area contributed by atoms with Crippen molar-refractivity contribution in [1.82, 2.24) is 10.4 Å². The van der Waals surface area contributed by atoms with Crippen LogP contribution in [0.4, 0.5) is 0 Å². The Bertz CT molecular complexity index is 212. The van der Waals surface area contributed by atoms with Gasteiger partial charge in [-0.25, -0.2) is 10.4 Å². The van der Waals surface area contributed by atoms with E-state index < -0.39 is 12.0 Å². The molecule has 0 bridgehead atoms. The van der Waals surface area contributed by atoms with Crippen molar-refractivity contribution in [1.29, 1.82) is 0 Å². The number of nitrogens with zero attached hydrogens (tertiary/aromatic N) is 1. The highest BCUT2D eigenvalue weighted by atomic mass is 16.5. The summed E-state index contributed by atoms with van der Waals surface area (Å²) >= 11 is 0. The Kier molecular flexibility index (Phi) is 4.97. The third-order valence-corrected chi connectivity index (χ3v) is 2.34. The number of aliphatic hydroxyl groups is 1. The number of ether oxygens (including phenoxy) is 1. The van der Waals surface area contributed by atoms with Crippen LogP contribution in [-0.4, -0.2) is 53.2 Å². The van der Waals surface area contributed by atoms with Gasteiger partial charge >= 0.3 is 5.97 Å². The summed E-state index contributed by atoms with van der Waals surface area (Å²) in [5.41, 5.74) is 2.96. The summed E-state index contributed by atoms with van der Waals surface area (Å²) in [7, 11) is 0. The van der Waals surface area contributed by atoms with Crippen molar-refractivity contribution >= 4 is 5.97 Å². The maximum Gasteiger partial charge on any atom is 0.322 e. The molecule has 0 saturated carbocycles. The smallest absolute Gasteiger partial charge is 0.322 e. The average molecular weight is 218 g/mol. The highest BCUT2D eigenvalue weighted by Crippen LogP contribution is 2.15. The van der Waals surface area contributed by atoms with E-state index in [1.54, 1.807) is 11.9 Å². The summed E-state index contributed by atoms with van der Waals surface area (Å²) in [6.45, 7) is 2.71. The van der Waals surface area contributed by atoms with Crippen LogP contribution in [0.25, 0.3) is 0 Å². The Hall–Kier alpha value is -0.690. The molecular weight excluding hydrogens is 200 g/mol. The minimum Gasteiger partial charge on any atom is -0.480 e. The highest BCUT2D eigenvalue weighted by Gasteiger charge is 2.31. The van der Waals surface area contributed by atoms with Crippen molar-refractivity contribution in [3.63, 3.8) is 0 Å². The summed E-state index contributed by atoms with van der Waals surface area (Å²) in [5, 5.41) is 19.2. The van der Waals surface area contributed by atoms with E-state index >= 15 is 0 Å². The fourth-order valence-electron chi connectivity index (χ4n) is 1.68. The van der Waals surface area contributed by atoms with Crippen molar-refractivity contribution < 1.29 is 19.7 Å². The molecule has 6 heteroatoms. The molecule has 1 heterocycles. The number of nitrogens with one attached hydrogen (secondary N) is 1. The second kappa shape index (κ2) is 6.02. The number of hydrogen-bond acceptors (Lipinski definition) is 5. The molecule has 0 radical (unpaired) electrons. The van der Waals surface area contributed by atoms with Gasteiger partial charge in [-0.05, 0) is 19.8 Å². The molecule has 1 unspecified atom stereocenters. The third kappa shape index (κ3) is 3.75. The Morgan fingerprint density at radius 1 is 1.73 bits per heavy atom. The third-order valence-electron chi connectivity index (χ3n) is 2.34. The van der Waals surface area contributed by atoms with E-state index in [4.69, 9.17) is 14.9 Å². The van der Waals surface area contributed by atoms with E-state index in [-0.39, 0.29) is 19.4 Å². The molecular formula is C9H18N2O4. The Morgan fingerprint density at radius 2 is 2.47 bits per heavy atom. The minimum atomic E-state index is -0.811. The molecule has 1 fully saturated rings. The van der Waals surface area contributed by atoms with Gasteiger partial charge in [0.05, 0.1) is 13.2 Å². The zero-order chi connectivity index (χ0) is 11.3. The predicted octanol–water partition coefficient (Wildman–Crippen LogP) is -0.605. The molecule has 2 atom stereocenters. The number of carboxylic acids is 1. The number of hydrazine groups is 1. The van der Waals surface area contributed by atoms with Crippen LogP contribution in [0.3, 0.4) is 0 Å². The van der Waals surface area contributed by atoms with Gasteiger partial charge in [-0.1, -0.05) is 0 Å². The monoisotopic (exact) mass is 218 g/mol. The first-order valence-electron chi connectivity index (χ1n) is 5.13. The Labute approximate surface area is 88.8 Å². The van der Waals surface area contributed by atoms with Gasteiger partial charge in [0.1, 0.15) is 12.3 Å². The number of aliphatic hydroxyl groups excluding tert-OH is 1. The topological polar surface area (TPSA) is 82.0 Å². The SMILES string of the molecule is CC(NN1CCC[C@H]1C(=O)O)OCCO. The van der Waals surface area contributed by atoms with Gasteiger partial charge in [0.2, 0.25) is 0 Å². The quantitative estimate of drug-likeness (QED) is 0.516. The standard InChI is InChI=1S/C9H18N2O4/c1-7(15-6-5-12)10-11-4-2-3-8(11)9(13)14/h7-8,10,12H,2-6H2,1H3,(H,13,14)/t7?,8-/m0/s1. The summed E-state index contributed by atoms with van der Waals surface area (Å²) in [4.78, 5) is 10.8. The lowest BCUT2D eigenvalue weighted by Gasteiger charge is -2.26. The summed E-state index contributed by atoms with van der Waals surface area (Å²) in [6.07, 6.45) is 1.25. The summed E-state index contributed by atoms with van der Waals surface area (Å²) in [5.74, 6) is -0.811. The van der Waals surface area contributed by atoms with E-state index in [2.05, 4.69) is 5.43 Å². The largest absolute Gasteiger partial charge is 0.480 e. The molecule has 0 aromatic rings. The van der Waals surface area contributed by atoms with Gasteiger partial charge in [0.25, 0.3) is 0 Å². The first kappa shape index (κ1) is 12.4. The van der Waals surface area contributed by atoms with Crippen molar-refractivity contribution in [2.45, 2.75) is 32.0 Å². The number of carbonyl (C=O) groups is 1. The predicted molar refractivity (Wildman–Crippen MR) is 53.0 cm³/mol. The van der Waals surface area contributed by atoms with Crippen LogP contribution < -0.4 is 5.43 Å². The maximum absolute atomic E-state index is 10.8. The minimum absolute atomic E-state index is 0.0334. The fraction of sp³-hybridized carbons (Fsp3) is 0.889. The van der Waals surface area contributed by atoms with Crippen LogP contribution >= 0.6 is 0 Å². The molecule has 3 N–H and O–H groups in total. The van der Waals surface area contributed by atoms with Crippen molar-refractivity contribution in [3.8, 4) is 0 Å². The molecule has 0 aromatic heterocycles. The van der Waals surface area contributed by atoms with Crippen LogP contribution in [0.2, 0.25) is 0 Å². The number of aliphatic carboxylic acids is 1. The maximum atomic E-state index is 10.8. The second-order valence-electron chi connectivity index (χ2n) is 3.56. The molecule has 0 amide bonds. The molecule has 0 spiro atoms. The summed E-state index contributed by atoms with van der Waals surface area (Å²) in [6, 6.07) is -0.467. The highest BCUT2D eigenvalue weighted by molar-refractivity contribution is 5.73. The Morgan fingerprint density at radius 3 is 3.07 bits per heavy atom. The number of hydrogen-bond donors (Lipinski definition) is 3. The van der Waals surface area contributed by atoms with E-state index in [0.29, 0.717) is 13.0 Å². The average Bonchev–Trinajstić information content (AvgIpc) is 2.62. The van der Waals surface area contributed by atoms with Gasteiger partial charge in [-0.3, -0.25) is 4.79 Å².